The Hall–Kier alpha value is -1.60. The zero-order valence-electron chi connectivity index (χ0n) is 12.3. The van der Waals surface area contributed by atoms with Gasteiger partial charge in [0.25, 0.3) is 5.91 Å². The van der Waals surface area contributed by atoms with E-state index in [2.05, 4.69) is 10.2 Å². The first-order valence-electron chi connectivity index (χ1n) is 6.43. The number of nitrogens with two attached hydrogens (primary N) is 1. The van der Waals surface area contributed by atoms with E-state index in [-0.39, 0.29) is 5.91 Å². The summed E-state index contributed by atoms with van der Waals surface area (Å²) in [6.07, 6.45) is 0. The number of anilines is 1. The minimum Gasteiger partial charge on any atom is -0.465 e. The number of nitrogens with one attached hydrogen (secondary N) is 1. The van der Waals surface area contributed by atoms with Crippen LogP contribution in [0.25, 0.3) is 0 Å². The average Bonchev–Trinajstić information content (AvgIpc) is 2.79. The maximum Gasteiger partial charge on any atom is 0.341 e. The predicted octanol–water partition coefficient (Wildman–Crippen LogP) is 1.32. The SMILES string of the molecule is CCN(CC)Cc1c(C(=O)NC)sc(N)c1C(=O)OC. The Labute approximate surface area is 122 Å². The standard InChI is InChI=1S/C13H21N3O3S/c1-5-16(6-2)7-8-9(13(18)19-4)11(14)20-10(8)12(17)15-3/h5-7,14H2,1-4H3,(H,15,17). The number of nitrogen functional groups attached to an aromatic ring is 1. The molecule has 6 nitrogen and oxygen atoms in total. The predicted molar refractivity (Wildman–Crippen MR) is 80.1 cm³/mol. The van der Waals surface area contributed by atoms with Gasteiger partial charge in [0.1, 0.15) is 5.00 Å². The van der Waals surface area contributed by atoms with Crippen LogP contribution < -0.4 is 11.1 Å². The third-order valence-corrected chi connectivity index (χ3v) is 4.19. The van der Waals surface area contributed by atoms with Crippen molar-refractivity contribution in [1.82, 2.24) is 10.2 Å². The Kier molecular flexibility index (Phi) is 5.97. The zero-order valence-corrected chi connectivity index (χ0v) is 13.1. The first-order valence-corrected chi connectivity index (χ1v) is 7.25. The number of carbonyl (C=O) groups is 2. The van der Waals surface area contributed by atoms with Crippen LogP contribution in [-0.2, 0) is 11.3 Å². The summed E-state index contributed by atoms with van der Waals surface area (Å²) in [5.41, 5.74) is 6.84. The van der Waals surface area contributed by atoms with Gasteiger partial charge >= 0.3 is 5.97 Å². The number of rotatable bonds is 6. The first kappa shape index (κ1) is 16.5. The summed E-state index contributed by atoms with van der Waals surface area (Å²) in [7, 11) is 2.86. The number of thiophene rings is 1. The van der Waals surface area contributed by atoms with Crippen LogP contribution in [0.15, 0.2) is 0 Å². The molecule has 1 amide bonds. The molecule has 1 rings (SSSR count). The molecule has 1 aromatic heterocycles. The van der Waals surface area contributed by atoms with Crippen LogP contribution in [0.2, 0.25) is 0 Å². The Balaban J connectivity index is 3.33. The molecule has 0 aromatic carbocycles. The van der Waals surface area contributed by atoms with Gasteiger partial charge in [-0.2, -0.15) is 0 Å². The molecule has 0 fully saturated rings. The van der Waals surface area contributed by atoms with E-state index in [1.165, 1.54) is 7.11 Å². The van der Waals surface area contributed by atoms with Gasteiger partial charge in [-0.1, -0.05) is 13.8 Å². The molecule has 0 spiro atoms. The normalized spacial score (nSPS) is 10.7. The first-order chi connectivity index (χ1) is 9.49. The third kappa shape index (κ3) is 3.29. The highest BCUT2D eigenvalue weighted by molar-refractivity contribution is 7.18. The van der Waals surface area contributed by atoms with Crippen molar-refractivity contribution < 1.29 is 14.3 Å². The fraction of sp³-hybridized carbons (Fsp3) is 0.538. The van der Waals surface area contributed by atoms with Gasteiger partial charge in [-0.3, -0.25) is 9.69 Å². The van der Waals surface area contributed by atoms with E-state index in [0.717, 1.165) is 24.4 Å². The van der Waals surface area contributed by atoms with Crippen LogP contribution in [0.5, 0.6) is 0 Å². The van der Waals surface area contributed by atoms with Gasteiger partial charge in [0, 0.05) is 19.2 Å². The topological polar surface area (TPSA) is 84.7 Å². The number of ether oxygens (including phenoxy) is 1. The van der Waals surface area contributed by atoms with Crippen LogP contribution in [0.4, 0.5) is 5.00 Å². The smallest absolute Gasteiger partial charge is 0.341 e. The van der Waals surface area contributed by atoms with Crippen molar-refractivity contribution in [2.24, 2.45) is 0 Å². The van der Waals surface area contributed by atoms with Gasteiger partial charge in [-0.05, 0) is 13.1 Å². The van der Waals surface area contributed by atoms with Crippen molar-refractivity contribution in [1.29, 1.82) is 0 Å². The van der Waals surface area contributed by atoms with E-state index in [0.29, 0.717) is 27.5 Å². The Morgan fingerprint density at radius 2 is 1.95 bits per heavy atom. The summed E-state index contributed by atoms with van der Waals surface area (Å²) >= 11 is 1.12. The fourth-order valence-corrected chi connectivity index (χ4v) is 2.94. The fourth-order valence-electron chi connectivity index (χ4n) is 1.93. The second-order valence-electron chi connectivity index (χ2n) is 4.18. The third-order valence-electron chi connectivity index (χ3n) is 3.13. The largest absolute Gasteiger partial charge is 0.465 e. The van der Waals surface area contributed by atoms with Crippen LogP contribution in [0.3, 0.4) is 0 Å². The van der Waals surface area contributed by atoms with Crippen LogP contribution in [-0.4, -0.2) is 44.0 Å². The molecule has 112 valence electrons. The lowest BCUT2D eigenvalue weighted by atomic mass is 10.1. The van der Waals surface area contributed by atoms with Gasteiger partial charge in [0.2, 0.25) is 0 Å². The molecule has 0 saturated carbocycles. The van der Waals surface area contributed by atoms with Gasteiger partial charge < -0.3 is 15.8 Å². The monoisotopic (exact) mass is 299 g/mol. The maximum absolute atomic E-state index is 11.9. The number of carbonyl (C=O) groups excluding carboxylic acids is 2. The summed E-state index contributed by atoms with van der Waals surface area (Å²) in [6, 6.07) is 0. The maximum atomic E-state index is 11.9. The lowest BCUT2D eigenvalue weighted by molar-refractivity contribution is 0.0600. The highest BCUT2D eigenvalue weighted by atomic mass is 32.1. The highest BCUT2D eigenvalue weighted by Crippen LogP contribution is 2.32. The molecule has 20 heavy (non-hydrogen) atoms. The quantitative estimate of drug-likeness (QED) is 0.774. The number of hydrogen-bond donors (Lipinski definition) is 2. The molecule has 1 heterocycles. The van der Waals surface area contributed by atoms with E-state index in [1.807, 2.05) is 13.8 Å². The molecule has 1 aromatic rings. The van der Waals surface area contributed by atoms with Crippen molar-refractivity contribution in [3.8, 4) is 0 Å². The summed E-state index contributed by atoms with van der Waals surface area (Å²) < 4.78 is 4.77. The summed E-state index contributed by atoms with van der Waals surface area (Å²) in [4.78, 5) is 26.4. The Morgan fingerprint density at radius 3 is 2.40 bits per heavy atom. The summed E-state index contributed by atoms with van der Waals surface area (Å²) in [5.74, 6) is -0.741. The number of methoxy groups -OCH3 is 1. The molecule has 0 saturated heterocycles. The van der Waals surface area contributed by atoms with Crippen molar-refractivity contribution in [3.63, 3.8) is 0 Å². The van der Waals surface area contributed by atoms with Crippen LogP contribution >= 0.6 is 11.3 Å². The van der Waals surface area contributed by atoms with E-state index < -0.39 is 5.97 Å². The molecule has 0 bridgehead atoms. The number of esters is 1. The number of nitrogens with zero attached hydrogens (tertiary/aromatic N) is 1. The van der Waals surface area contributed by atoms with Crippen molar-refractivity contribution in [3.05, 3.63) is 16.0 Å². The number of hydrogen-bond acceptors (Lipinski definition) is 6. The molecule has 0 aliphatic rings. The molecule has 0 radical (unpaired) electrons. The molecule has 0 unspecified atom stereocenters. The van der Waals surface area contributed by atoms with E-state index in [9.17, 15) is 9.59 Å². The van der Waals surface area contributed by atoms with Gasteiger partial charge in [0.15, 0.2) is 0 Å². The molecule has 0 aliphatic carbocycles. The van der Waals surface area contributed by atoms with Gasteiger partial charge in [0.05, 0.1) is 17.6 Å². The molecular formula is C13H21N3O3S. The average molecular weight is 299 g/mol. The minimum atomic E-state index is -0.504. The molecule has 3 N–H and O–H groups in total. The highest BCUT2D eigenvalue weighted by Gasteiger charge is 2.26. The summed E-state index contributed by atoms with van der Waals surface area (Å²) in [6.45, 7) is 6.18. The zero-order chi connectivity index (χ0) is 15.3. The Morgan fingerprint density at radius 1 is 1.35 bits per heavy atom. The molecule has 0 atom stereocenters. The Bertz CT molecular complexity index is 495. The van der Waals surface area contributed by atoms with Crippen molar-refractivity contribution >= 4 is 28.2 Å². The second-order valence-corrected chi connectivity index (χ2v) is 5.23. The summed E-state index contributed by atoms with van der Waals surface area (Å²) in [5, 5.41) is 2.89. The van der Waals surface area contributed by atoms with E-state index in [4.69, 9.17) is 10.5 Å². The van der Waals surface area contributed by atoms with Crippen LogP contribution in [0, 0.1) is 0 Å². The van der Waals surface area contributed by atoms with Crippen molar-refractivity contribution in [2.45, 2.75) is 20.4 Å². The van der Waals surface area contributed by atoms with Gasteiger partial charge in [-0.25, -0.2) is 4.79 Å². The molecular weight excluding hydrogens is 278 g/mol. The lowest BCUT2D eigenvalue weighted by Crippen LogP contribution is -2.26. The molecule has 7 heteroatoms. The second kappa shape index (κ2) is 7.25. The molecule has 0 aliphatic heterocycles. The lowest BCUT2D eigenvalue weighted by Gasteiger charge is -2.19. The number of amides is 1. The van der Waals surface area contributed by atoms with Crippen LogP contribution in [0.1, 0.15) is 39.4 Å². The van der Waals surface area contributed by atoms with E-state index in [1.54, 1.807) is 7.05 Å². The van der Waals surface area contributed by atoms with Gasteiger partial charge in [-0.15, -0.1) is 11.3 Å². The van der Waals surface area contributed by atoms with E-state index >= 15 is 0 Å². The minimum absolute atomic E-state index is 0.237. The van der Waals surface area contributed by atoms with Crippen molar-refractivity contribution in [2.75, 3.05) is 33.0 Å².